The summed E-state index contributed by atoms with van der Waals surface area (Å²) >= 11 is 0. The summed E-state index contributed by atoms with van der Waals surface area (Å²) in [6.45, 7) is 6.31. The van der Waals surface area contributed by atoms with Crippen molar-refractivity contribution in [2.75, 3.05) is 0 Å². The maximum atomic E-state index is 13.3. The van der Waals surface area contributed by atoms with Crippen LogP contribution in [0.3, 0.4) is 0 Å². The van der Waals surface area contributed by atoms with Crippen LogP contribution in [0.25, 0.3) is 0 Å². The fourth-order valence-electron chi connectivity index (χ4n) is 1.55. The molecule has 1 atom stereocenters. The van der Waals surface area contributed by atoms with Gasteiger partial charge in [-0.05, 0) is 17.9 Å². The molecule has 0 aliphatic heterocycles. The summed E-state index contributed by atoms with van der Waals surface area (Å²) in [6.07, 6.45) is 0.786. The zero-order valence-electron chi connectivity index (χ0n) is 9.46. The summed E-state index contributed by atoms with van der Waals surface area (Å²) in [4.78, 5) is 0. The molecule has 0 saturated carbocycles. The number of halogens is 2. The Labute approximate surface area is 97.3 Å². The van der Waals surface area contributed by atoms with Gasteiger partial charge in [-0.1, -0.05) is 39.0 Å². The van der Waals surface area contributed by atoms with Crippen molar-refractivity contribution < 1.29 is 4.39 Å². The van der Waals surface area contributed by atoms with E-state index >= 15 is 0 Å². The molecule has 1 unspecified atom stereocenters. The Kier molecular flexibility index (Phi) is 5.26. The van der Waals surface area contributed by atoms with Gasteiger partial charge >= 0.3 is 0 Å². The molecule has 0 aliphatic carbocycles. The molecule has 1 nitrogen and oxygen atoms in total. The second-order valence-electron chi connectivity index (χ2n) is 4.89. The van der Waals surface area contributed by atoms with Crippen molar-refractivity contribution in [1.82, 2.24) is 0 Å². The predicted octanol–water partition coefficient (Wildman–Crippen LogP) is 3.68. The summed E-state index contributed by atoms with van der Waals surface area (Å²) in [5.74, 6) is -0.204. The lowest BCUT2D eigenvalue weighted by Crippen LogP contribution is -2.19. The first kappa shape index (κ1) is 14.4. The van der Waals surface area contributed by atoms with E-state index in [0.29, 0.717) is 5.56 Å². The smallest absolute Gasteiger partial charge is 0.127 e. The van der Waals surface area contributed by atoms with Crippen LogP contribution in [-0.4, -0.2) is 0 Å². The highest BCUT2D eigenvalue weighted by Gasteiger charge is 2.18. The van der Waals surface area contributed by atoms with E-state index in [1.165, 1.54) is 6.07 Å². The minimum Gasteiger partial charge on any atom is -0.324 e. The highest BCUT2D eigenvalue weighted by atomic mass is 35.5. The van der Waals surface area contributed by atoms with Gasteiger partial charge in [0.05, 0.1) is 0 Å². The number of hydrogen-bond acceptors (Lipinski definition) is 1. The van der Waals surface area contributed by atoms with Gasteiger partial charge in [-0.25, -0.2) is 4.39 Å². The van der Waals surface area contributed by atoms with Crippen LogP contribution in [0.5, 0.6) is 0 Å². The van der Waals surface area contributed by atoms with Crippen LogP contribution < -0.4 is 5.73 Å². The second kappa shape index (κ2) is 5.47. The molecule has 0 heterocycles. The molecule has 2 N–H and O–H groups in total. The van der Waals surface area contributed by atoms with Crippen LogP contribution in [0.15, 0.2) is 24.3 Å². The van der Waals surface area contributed by atoms with Gasteiger partial charge in [-0.3, -0.25) is 0 Å². The monoisotopic (exact) mass is 231 g/mol. The quantitative estimate of drug-likeness (QED) is 0.826. The zero-order chi connectivity index (χ0) is 10.8. The van der Waals surface area contributed by atoms with Crippen molar-refractivity contribution >= 4 is 12.4 Å². The minimum atomic E-state index is -0.212. The molecule has 0 saturated heterocycles. The van der Waals surface area contributed by atoms with Crippen LogP contribution in [0, 0.1) is 11.2 Å². The molecule has 1 rings (SSSR count). The molecule has 3 heteroatoms. The maximum absolute atomic E-state index is 13.3. The van der Waals surface area contributed by atoms with E-state index in [1.54, 1.807) is 12.1 Å². The molecule has 0 bridgehead atoms. The second-order valence-corrected chi connectivity index (χ2v) is 4.89. The van der Waals surface area contributed by atoms with Crippen molar-refractivity contribution in [3.63, 3.8) is 0 Å². The SMILES string of the molecule is CC(C)(C)CC(N)c1ccccc1F.Cl. The molecule has 0 aliphatic rings. The van der Waals surface area contributed by atoms with Gasteiger partial charge in [0.2, 0.25) is 0 Å². The zero-order valence-corrected chi connectivity index (χ0v) is 10.3. The lowest BCUT2D eigenvalue weighted by atomic mass is 9.86. The summed E-state index contributed by atoms with van der Waals surface area (Å²) in [5.41, 5.74) is 6.68. The first-order chi connectivity index (χ1) is 6.40. The number of nitrogens with two attached hydrogens (primary N) is 1. The molecule has 86 valence electrons. The molecule has 0 aromatic heterocycles. The Morgan fingerprint density at radius 2 is 1.80 bits per heavy atom. The first-order valence-electron chi connectivity index (χ1n) is 4.90. The fraction of sp³-hybridized carbons (Fsp3) is 0.500. The van der Waals surface area contributed by atoms with Gasteiger partial charge in [-0.15, -0.1) is 12.4 Å². The number of rotatable bonds is 2. The summed E-state index contributed by atoms with van der Waals surface area (Å²) in [7, 11) is 0. The molecule has 0 fully saturated rings. The van der Waals surface area contributed by atoms with E-state index in [1.807, 2.05) is 6.07 Å². The van der Waals surface area contributed by atoms with E-state index in [2.05, 4.69) is 20.8 Å². The predicted molar refractivity (Wildman–Crippen MR) is 64.6 cm³/mol. The topological polar surface area (TPSA) is 26.0 Å². The van der Waals surface area contributed by atoms with Crippen LogP contribution in [0.2, 0.25) is 0 Å². The number of hydrogen-bond donors (Lipinski definition) is 1. The van der Waals surface area contributed by atoms with Crippen molar-refractivity contribution in [3.8, 4) is 0 Å². The Morgan fingerprint density at radius 1 is 1.27 bits per heavy atom. The molecule has 0 spiro atoms. The largest absolute Gasteiger partial charge is 0.324 e. The third-order valence-corrected chi connectivity index (χ3v) is 2.14. The highest BCUT2D eigenvalue weighted by molar-refractivity contribution is 5.85. The van der Waals surface area contributed by atoms with E-state index in [0.717, 1.165) is 6.42 Å². The Hall–Kier alpha value is -0.600. The van der Waals surface area contributed by atoms with Gasteiger partial charge in [0, 0.05) is 11.6 Å². The third-order valence-electron chi connectivity index (χ3n) is 2.14. The summed E-state index contributed by atoms with van der Waals surface area (Å²) in [5, 5.41) is 0. The van der Waals surface area contributed by atoms with Crippen LogP contribution in [0.4, 0.5) is 4.39 Å². The highest BCUT2D eigenvalue weighted by Crippen LogP contribution is 2.28. The molecular weight excluding hydrogens is 213 g/mol. The molecule has 0 radical (unpaired) electrons. The Morgan fingerprint density at radius 3 is 2.27 bits per heavy atom. The van der Waals surface area contributed by atoms with Crippen molar-refractivity contribution in [1.29, 1.82) is 0 Å². The average Bonchev–Trinajstić information content (AvgIpc) is 2.01. The molecule has 1 aromatic carbocycles. The van der Waals surface area contributed by atoms with Crippen molar-refractivity contribution in [2.45, 2.75) is 33.2 Å². The maximum Gasteiger partial charge on any atom is 0.127 e. The van der Waals surface area contributed by atoms with Crippen molar-refractivity contribution in [3.05, 3.63) is 35.6 Å². The average molecular weight is 232 g/mol. The summed E-state index contributed by atoms with van der Waals surface area (Å²) < 4.78 is 13.3. The van der Waals surface area contributed by atoms with Gasteiger partial charge < -0.3 is 5.73 Å². The first-order valence-corrected chi connectivity index (χ1v) is 4.90. The van der Waals surface area contributed by atoms with Gasteiger partial charge in [0.15, 0.2) is 0 Å². The van der Waals surface area contributed by atoms with Crippen LogP contribution in [-0.2, 0) is 0 Å². The van der Waals surface area contributed by atoms with Crippen LogP contribution >= 0.6 is 12.4 Å². The van der Waals surface area contributed by atoms with Gasteiger partial charge in [0.25, 0.3) is 0 Å². The Bertz CT molecular complexity index is 307. The van der Waals surface area contributed by atoms with E-state index in [9.17, 15) is 4.39 Å². The molecule has 1 aromatic rings. The lowest BCUT2D eigenvalue weighted by Gasteiger charge is -2.23. The Balaban J connectivity index is 0.00000196. The van der Waals surface area contributed by atoms with Crippen LogP contribution in [0.1, 0.15) is 38.8 Å². The normalized spacial score (nSPS) is 13.1. The number of benzene rings is 1. The summed E-state index contributed by atoms with van der Waals surface area (Å²) in [6, 6.07) is 6.50. The van der Waals surface area contributed by atoms with E-state index in [4.69, 9.17) is 5.73 Å². The molecular formula is C12H19ClFN. The molecule has 0 amide bonds. The standard InChI is InChI=1S/C12H18FN.ClH/c1-12(2,3)8-11(14)9-6-4-5-7-10(9)13;/h4-7,11H,8,14H2,1-3H3;1H. The third kappa shape index (κ3) is 4.63. The van der Waals surface area contributed by atoms with Gasteiger partial charge in [-0.2, -0.15) is 0 Å². The van der Waals surface area contributed by atoms with Gasteiger partial charge in [0.1, 0.15) is 5.82 Å². The fourth-order valence-corrected chi connectivity index (χ4v) is 1.55. The lowest BCUT2D eigenvalue weighted by molar-refractivity contribution is 0.339. The van der Waals surface area contributed by atoms with E-state index in [-0.39, 0.29) is 29.7 Å². The minimum absolute atomic E-state index is 0. The van der Waals surface area contributed by atoms with E-state index < -0.39 is 0 Å². The van der Waals surface area contributed by atoms with Crippen molar-refractivity contribution in [2.24, 2.45) is 11.1 Å². The molecule has 15 heavy (non-hydrogen) atoms.